The fraction of sp³-hybridized carbons (Fsp3) is 0.333. The highest BCUT2D eigenvalue weighted by atomic mass is 32.1. The number of thiazole rings is 1. The zero-order chi connectivity index (χ0) is 14.7. The summed E-state index contributed by atoms with van der Waals surface area (Å²) in [6.45, 7) is 6.11. The van der Waals surface area contributed by atoms with Gasteiger partial charge in [0.25, 0.3) is 0 Å². The third kappa shape index (κ3) is 3.57. The fourth-order valence-corrected chi connectivity index (χ4v) is 2.81. The van der Waals surface area contributed by atoms with Crippen molar-refractivity contribution in [3.8, 4) is 0 Å². The van der Waals surface area contributed by atoms with E-state index in [9.17, 15) is 4.79 Å². The molecule has 0 aliphatic carbocycles. The van der Waals surface area contributed by atoms with Crippen LogP contribution in [0.3, 0.4) is 0 Å². The van der Waals surface area contributed by atoms with Crippen molar-refractivity contribution in [1.29, 1.82) is 0 Å². The predicted octanol–water partition coefficient (Wildman–Crippen LogP) is 2.76. The lowest BCUT2D eigenvalue weighted by atomic mass is 10.0. The predicted molar refractivity (Wildman–Crippen MR) is 82.7 cm³/mol. The number of nitrogen functional groups attached to an aromatic ring is 1. The number of nitrogens with two attached hydrogens (primary N) is 1. The Balaban J connectivity index is 2.00. The smallest absolute Gasteiger partial charge is 0.226 e. The minimum absolute atomic E-state index is 0.0147. The Morgan fingerprint density at radius 1 is 1.45 bits per heavy atom. The Morgan fingerprint density at radius 2 is 2.20 bits per heavy atom. The number of anilines is 1. The number of nitrogens with one attached hydrogen (secondary N) is 1. The Bertz CT molecular complexity index is 621. The van der Waals surface area contributed by atoms with Crippen LogP contribution in [0.2, 0.25) is 0 Å². The summed E-state index contributed by atoms with van der Waals surface area (Å²) in [7, 11) is 0. The average molecular weight is 289 g/mol. The first kappa shape index (κ1) is 14.5. The molecule has 0 aliphatic heterocycles. The molecule has 1 amide bonds. The quantitative estimate of drug-likeness (QED) is 0.909. The van der Waals surface area contributed by atoms with Gasteiger partial charge in [0.1, 0.15) is 0 Å². The molecule has 106 valence electrons. The molecule has 1 unspecified atom stereocenters. The lowest BCUT2D eigenvalue weighted by Crippen LogP contribution is -2.28. The van der Waals surface area contributed by atoms with Crippen molar-refractivity contribution in [2.45, 2.75) is 33.2 Å². The zero-order valence-corrected chi connectivity index (χ0v) is 12.8. The third-order valence-electron chi connectivity index (χ3n) is 3.18. The standard InChI is InChI=1S/C15H19N3OS/c1-9-4-5-13(10(2)6-9)11(3)17-14(19)7-12-8-20-15(16)18-12/h4-6,8,11H,7H2,1-3H3,(H2,16,18)(H,17,19). The van der Waals surface area contributed by atoms with E-state index >= 15 is 0 Å². The first-order valence-corrected chi connectivity index (χ1v) is 7.40. The maximum absolute atomic E-state index is 12.0. The van der Waals surface area contributed by atoms with Crippen molar-refractivity contribution in [2.24, 2.45) is 0 Å². The number of benzene rings is 1. The summed E-state index contributed by atoms with van der Waals surface area (Å²) in [4.78, 5) is 16.1. The van der Waals surface area contributed by atoms with Gasteiger partial charge < -0.3 is 11.1 Å². The van der Waals surface area contributed by atoms with Crippen molar-refractivity contribution in [2.75, 3.05) is 5.73 Å². The van der Waals surface area contributed by atoms with Crippen LogP contribution in [-0.4, -0.2) is 10.9 Å². The summed E-state index contributed by atoms with van der Waals surface area (Å²) in [6.07, 6.45) is 0.267. The molecule has 2 aromatic rings. The molecule has 0 saturated carbocycles. The molecule has 5 heteroatoms. The summed E-state index contributed by atoms with van der Waals surface area (Å²) in [6, 6.07) is 6.24. The second kappa shape index (κ2) is 6.05. The van der Waals surface area contributed by atoms with Crippen LogP contribution in [0.5, 0.6) is 0 Å². The highest BCUT2D eigenvalue weighted by molar-refractivity contribution is 7.13. The van der Waals surface area contributed by atoms with Gasteiger partial charge in [0.05, 0.1) is 18.2 Å². The molecular weight excluding hydrogens is 270 g/mol. The van der Waals surface area contributed by atoms with Crippen LogP contribution in [0.25, 0.3) is 0 Å². The summed E-state index contributed by atoms with van der Waals surface area (Å²) >= 11 is 1.35. The van der Waals surface area contributed by atoms with Crippen molar-refractivity contribution >= 4 is 22.4 Å². The van der Waals surface area contributed by atoms with Gasteiger partial charge in [0, 0.05) is 5.38 Å². The summed E-state index contributed by atoms with van der Waals surface area (Å²) in [5.74, 6) is -0.0391. The van der Waals surface area contributed by atoms with E-state index in [1.165, 1.54) is 22.5 Å². The lowest BCUT2D eigenvalue weighted by molar-refractivity contribution is -0.121. The molecule has 0 aliphatic rings. The van der Waals surface area contributed by atoms with E-state index in [1.807, 2.05) is 12.3 Å². The highest BCUT2D eigenvalue weighted by Gasteiger charge is 2.13. The first-order chi connectivity index (χ1) is 9.45. The van der Waals surface area contributed by atoms with Crippen LogP contribution >= 0.6 is 11.3 Å². The monoisotopic (exact) mass is 289 g/mol. The van der Waals surface area contributed by atoms with Crippen molar-refractivity contribution < 1.29 is 4.79 Å². The van der Waals surface area contributed by atoms with E-state index in [1.54, 1.807) is 0 Å². The number of amides is 1. The zero-order valence-electron chi connectivity index (χ0n) is 11.9. The topological polar surface area (TPSA) is 68.0 Å². The molecule has 3 N–H and O–H groups in total. The minimum Gasteiger partial charge on any atom is -0.375 e. The van der Waals surface area contributed by atoms with Gasteiger partial charge in [-0.05, 0) is 31.9 Å². The number of aryl methyl sites for hydroxylation is 2. The third-order valence-corrected chi connectivity index (χ3v) is 3.90. The van der Waals surface area contributed by atoms with E-state index in [0.29, 0.717) is 5.13 Å². The van der Waals surface area contributed by atoms with Gasteiger partial charge in [-0.3, -0.25) is 4.79 Å². The van der Waals surface area contributed by atoms with E-state index in [0.717, 1.165) is 11.3 Å². The number of nitrogens with zero attached hydrogens (tertiary/aromatic N) is 1. The summed E-state index contributed by atoms with van der Waals surface area (Å²) < 4.78 is 0. The maximum Gasteiger partial charge on any atom is 0.226 e. The normalized spacial score (nSPS) is 12.2. The molecule has 0 radical (unpaired) electrons. The number of carbonyl (C=O) groups is 1. The molecule has 1 aromatic heterocycles. The van der Waals surface area contributed by atoms with Crippen molar-refractivity contribution in [3.05, 3.63) is 46.0 Å². The number of aromatic nitrogens is 1. The average Bonchev–Trinajstić information content (AvgIpc) is 2.74. The van der Waals surface area contributed by atoms with Crippen molar-refractivity contribution in [3.63, 3.8) is 0 Å². The number of hydrogen-bond donors (Lipinski definition) is 2. The van der Waals surface area contributed by atoms with Crippen LogP contribution in [0.1, 0.15) is 35.3 Å². The minimum atomic E-state index is -0.0391. The van der Waals surface area contributed by atoms with Crippen LogP contribution in [-0.2, 0) is 11.2 Å². The lowest BCUT2D eigenvalue weighted by Gasteiger charge is -2.16. The van der Waals surface area contributed by atoms with Gasteiger partial charge in [-0.1, -0.05) is 23.8 Å². The van der Waals surface area contributed by atoms with E-state index in [4.69, 9.17) is 5.73 Å². The molecule has 1 atom stereocenters. The highest BCUT2D eigenvalue weighted by Crippen LogP contribution is 2.19. The fourth-order valence-electron chi connectivity index (χ4n) is 2.25. The molecule has 2 rings (SSSR count). The second-order valence-electron chi connectivity index (χ2n) is 5.00. The largest absolute Gasteiger partial charge is 0.375 e. The molecule has 0 fully saturated rings. The number of carbonyl (C=O) groups excluding carboxylic acids is 1. The van der Waals surface area contributed by atoms with E-state index in [2.05, 4.69) is 42.3 Å². The molecule has 4 nitrogen and oxygen atoms in total. The van der Waals surface area contributed by atoms with Gasteiger partial charge >= 0.3 is 0 Å². The van der Waals surface area contributed by atoms with Crippen LogP contribution in [0.15, 0.2) is 23.6 Å². The van der Waals surface area contributed by atoms with Crippen molar-refractivity contribution in [1.82, 2.24) is 10.3 Å². The number of rotatable bonds is 4. The molecular formula is C15H19N3OS. The maximum atomic E-state index is 12.0. The van der Waals surface area contributed by atoms with Crippen LogP contribution < -0.4 is 11.1 Å². The molecule has 0 spiro atoms. The van der Waals surface area contributed by atoms with Crippen LogP contribution in [0, 0.1) is 13.8 Å². The Labute approximate surface area is 123 Å². The molecule has 20 heavy (non-hydrogen) atoms. The molecule has 0 bridgehead atoms. The van der Waals surface area contributed by atoms with E-state index < -0.39 is 0 Å². The van der Waals surface area contributed by atoms with E-state index in [-0.39, 0.29) is 18.4 Å². The molecule has 0 saturated heterocycles. The Hall–Kier alpha value is -1.88. The van der Waals surface area contributed by atoms with Gasteiger partial charge in [0.15, 0.2) is 5.13 Å². The Kier molecular flexibility index (Phi) is 4.39. The van der Waals surface area contributed by atoms with Gasteiger partial charge in [-0.25, -0.2) is 4.98 Å². The van der Waals surface area contributed by atoms with Crippen LogP contribution in [0.4, 0.5) is 5.13 Å². The molecule has 1 aromatic carbocycles. The van der Waals surface area contributed by atoms with Gasteiger partial charge in [0.2, 0.25) is 5.91 Å². The second-order valence-corrected chi connectivity index (χ2v) is 5.89. The summed E-state index contributed by atoms with van der Waals surface area (Å²) in [5.41, 5.74) is 9.83. The van der Waals surface area contributed by atoms with Gasteiger partial charge in [-0.15, -0.1) is 11.3 Å². The van der Waals surface area contributed by atoms with Gasteiger partial charge in [-0.2, -0.15) is 0 Å². The SMILES string of the molecule is Cc1ccc(C(C)NC(=O)Cc2csc(N)n2)c(C)c1. The Morgan fingerprint density at radius 3 is 2.80 bits per heavy atom. The number of hydrogen-bond acceptors (Lipinski definition) is 4. The summed E-state index contributed by atoms with van der Waals surface area (Å²) in [5, 5.41) is 5.31. The first-order valence-electron chi connectivity index (χ1n) is 6.52. The molecule has 1 heterocycles.